The summed E-state index contributed by atoms with van der Waals surface area (Å²) >= 11 is 0. The van der Waals surface area contributed by atoms with Crippen LogP contribution >= 0.6 is 12.4 Å². The molecular formula is C16H25ClN6O. The van der Waals surface area contributed by atoms with Gasteiger partial charge in [0.2, 0.25) is 0 Å². The third-order valence-electron chi connectivity index (χ3n) is 4.36. The number of nitrogens with two attached hydrogens (primary N) is 1. The van der Waals surface area contributed by atoms with Gasteiger partial charge in [-0.05, 0) is 31.4 Å². The monoisotopic (exact) mass is 352 g/mol. The van der Waals surface area contributed by atoms with Crippen molar-refractivity contribution < 1.29 is 4.79 Å². The van der Waals surface area contributed by atoms with Crippen LogP contribution in [0.4, 0.5) is 10.5 Å². The highest BCUT2D eigenvalue weighted by Gasteiger charge is 2.25. The number of amides is 2. The van der Waals surface area contributed by atoms with Crippen LogP contribution in [0.15, 0.2) is 18.3 Å². The summed E-state index contributed by atoms with van der Waals surface area (Å²) in [5, 5.41) is 11.3. The van der Waals surface area contributed by atoms with E-state index in [1.165, 1.54) is 0 Å². The second-order valence-corrected chi connectivity index (χ2v) is 6.37. The Hall–Kier alpha value is -1.86. The molecule has 3 N–H and O–H groups in total. The topological polar surface area (TPSA) is 88.5 Å². The first-order valence-electron chi connectivity index (χ1n) is 8.22. The van der Waals surface area contributed by atoms with Crippen LogP contribution in [0.25, 0.3) is 5.65 Å². The zero-order valence-corrected chi connectivity index (χ0v) is 14.9. The van der Waals surface area contributed by atoms with Gasteiger partial charge in [0.25, 0.3) is 0 Å². The third kappa shape index (κ3) is 3.62. The molecule has 0 aliphatic carbocycles. The molecular weight excluding hydrogens is 328 g/mol. The van der Waals surface area contributed by atoms with Crippen molar-refractivity contribution in [2.24, 2.45) is 5.73 Å². The lowest BCUT2D eigenvalue weighted by Gasteiger charge is -2.34. The minimum atomic E-state index is -0.0846. The van der Waals surface area contributed by atoms with E-state index in [0.717, 1.165) is 43.0 Å². The summed E-state index contributed by atoms with van der Waals surface area (Å²) in [5.41, 5.74) is 7.32. The quantitative estimate of drug-likeness (QED) is 0.888. The number of nitrogens with one attached hydrogen (secondary N) is 1. The van der Waals surface area contributed by atoms with Crippen molar-refractivity contribution in [1.29, 1.82) is 0 Å². The molecule has 0 spiro atoms. The first-order valence-corrected chi connectivity index (χ1v) is 8.22. The van der Waals surface area contributed by atoms with Crippen LogP contribution in [0.5, 0.6) is 0 Å². The van der Waals surface area contributed by atoms with Crippen molar-refractivity contribution in [3.05, 3.63) is 24.2 Å². The van der Waals surface area contributed by atoms with Gasteiger partial charge in [-0.2, -0.15) is 0 Å². The van der Waals surface area contributed by atoms with Crippen LogP contribution in [-0.4, -0.2) is 44.7 Å². The van der Waals surface area contributed by atoms with E-state index in [1.54, 1.807) is 0 Å². The van der Waals surface area contributed by atoms with Crippen LogP contribution in [-0.2, 0) is 0 Å². The van der Waals surface area contributed by atoms with Crippen LogP contribution < -0.4 is 11.1 Å². The molecule has 2 aromatic heterocycles. The Bertz CT molecular complexity index is 701. The van der Waals surface area contributed by atoms with Crippen molar-refractivity contribution in [2.75, 3.05) is 18.4 Å². The SMILES string of the molecule is CC(C)c1nnc2ccc(NC(=O)N3CCCCC3CN)cn12.Cl. The predicted molar refractivity (Wildman–Crippen MR) is 96.7 cm³/mol. The normalized spacial score (nSPS) is 17.8. The summed E-state index contributed by atoms with van der Waals surface area (Å²) in [6.07, 6.45) is 5.03. The Morgan fingerprint density at radius 3 is 2.88 bits per heavy atom. The van der Waals surface area contributed by atoms with Crippen LogP contribution in [0.3, 0.4) is 0 Å². The smallest absolute Gasteiger partial charge is 0.322 e. The zero-order valence-electron chi connectivity index (χ0n) is 14.1. The van der Waals surface area contributed by atoms with Crippen LogP contribution in [0, 0.1) is 0 Å². The van der Waals surface area contributed by atoms with Gasteiger partial charge in [0, 0.05) is 31.2 Å². The van der Waals surface area contributed by atoms with E-state index in [1.807, 2.05) is 27.6 Å². The molecule has 24 heavy (non-hydrogen) atoms. The minimum Gasteiger partial charge on any atom is -0.328 e. The Kier molecular flexibility index (Phi) is 6.01. The number of rotatable bonds is 3. The molecule has 3 heterocycles. The second kappa shape index (κ2) is 7.81. The summed E-state index contributed by atoms with van der Waals surface area (Å²) in [5.74, 6) is 1.15. The maximum absolute atomic E-state index is 12.5. The summed E-state index contributed by atoms with van der Waals surface area (Å²) in [7, 11) is 0. The van der Waals surface area contributed by atoms with Crippen molar-refractivity contribution in [3.8, 4) is 0 Å². The molecule has 1 fully saturated rings. The van der Waals surface area contributed by atoms with Gasteiger partial charge in [-0.25, -0.2) is 4.79 Å². The van der Waals surface area contributed by atoms with Gasteiger partial charge >= 0.3 is 6.03 Å². The molecule has 1 unspecified atom stereocenters. The molecule has 1 atom stereocenters. The average Bonchev–Trinajstić information content (AvgIpc) is 2.98. The van der Waals surface area contributed by atoms with Gasteiger partial charge in [0.15, 0.2) is 5.65 Å². The standard InChI is InChI=1S/C16H24N6O.ClH/c1-11(2)15-20-19-14-7-6-12(10-22(14)15)18-16(23)21-8-4-3-5-13(21)9-17;/h6-7,10-11,13H,3-5,8-9,17H2,1-2H3,(H,18,23);1H. The fraction of sp³-hybridized carbons (Fsp3) is 0.562. The van der Waals surface area contributed by atoms with Gasteiger partial charge < -0.3 is 16.0 Å². The van der Waals surface area contributed by atoms with E-state index in [0.29, 0.717) is 6.54 Å². The highest BCUT2D eigenvalue weighted by molar-refractivity contribution is 5.89. The number of carbonyl (C=O) groups excluding carboxylic acids is 1. The molecule has 7 nitrogen and oxygen atoms in total. The van der Waals surface area contributed by atoms with E-state index in [4.69, 9.17) is 5.73 Å². The number of carbonyl (C=O) groups is 1. The summed E-state index contributed by atoms with van der Waals surface area (Å²) in [6, 6.07) is 3.77. The maximum atomic E-state index is 12.5. The van der Waals surface area contributed by atoms with Crippen molar-refractivity contribution in [1.82, 2.24) is 19.5 Å². The van der Waals surface area contributed by atoms with Gasteiger partial charge in [-0.15, -0.1) is 22.6 Å². The Balaban J connectivity index is 0.00000208. The lowest BCUT2D eigenvalue weighted by atomic mass is 10.0. The molecule has 2 amide bonds. The van der Waals surface area contributed by atoms with Crippen LogP contribution in [0.1, 0.15) is 44.9 Å². The molecule has 8 heteroatoms. The molecule has 1 saturated heterocycles. The van der Waals surface area contributed by atoms with E-state index >= 15 is 0 Å². The van der Waals surface area contributed by atoms with E-state index in [-0.39, 0.29) is 30.4 Å². The lowest BCUT2D eigenvalue weighted by Crippen LogP contribution is -2.49. The second-order valence-electron chi connectivity index (χ2n) is 6.37. The number of piperidine rings is 1. The largest absolute Gasteiger partial charge is 0.328 e. The van der Waals surface area contributed by atoms with E-state index < -0.39 is 0 Å². The molecule has 2 aromatic rings. The third-order valence-corrected chi connectivity index (χ3v) is 4.36. The molecule has 3 rings (SSSR count). The van der Waals surface area contributed by atoms with Crippen molar-refractivity contribution >= 4 is 29.8 Å². The van der Waals surface area contributed by atoms with Gasteiger partial charge in [-0.3, -0.25) is 4.40 Å². The highest BCUT2D eigenvalue weighted by Crippen LogP contribution is 2.20. The van der Waals surface area contributed by atoms with Crippen molar-refractivity contribution in [3.63, 3.8) is 0 Å². The Morgan fingerprint density at radius 1 is 1.38 bits per heavy atom. The van der Waals surface area contributed by atoms with E-state index in [2.05, 4.69) is 29.4 Å². The summed E-state index contributed by atoms with van der Waals surface area (Å²) < 4.78 is 1.93. The van der Waals surface area contributed by atoms with Gasteiger partial charge in [0.05, 0.1) is 5.69 Å². The molecule has 1 aliphatic heterocycles. The Morgan fingerprint density at radius 2 is 2.17 bits per heavy atom. The number of nitrogens with zero attached hydrogens (tertiary/aromatic N) is 4. The lowest BCUT2D eigenvalue weighted by molar-refractivity contribution is 0.166. The average molecular weight is 353 g/mol. The molecule has 132 valence electrons. The number of halogens is 1. The number of hydrogen-bond donors (Lipinski definition) is 2. The number of fused-ring (bicyclic) bond motifs is 1. The number of aromatic nitrogens is 3. The molecule has 0 bridgehead atoms. The molecule has 0 radical (unpaired) electrons. The fourth-order valence-electron chi connectivity index (χ4n) is 3.08. The first kappa shape index (κ1) is 18.5. The highest BCUT2D eigenvalue weighted by atomic mass is 35.5. The number of pyridine rings is 1. The molecule has 0 aromatic carbocycles. The fourth-order valence-corrected chi connectivity index (χ4v) is 3.08. The summed E-state index contributed by atoms with van der Waals surface area (Å²) in [6.45, 7) is 5.41. The zero-order chi connectivity index (χ0) is 16.4. The number of anilines is 1. The molecule has 0 saturated carbocycles. The minimum absolute atomic E-state index is 0. The van der Waals surface area contributed by atoms with Gasteiger partial charge in [-0.1, -0.05) is 13.8 Å². The molecule has 1 aliphatic rings. The van der Waals surface area contributed by atoms with Crippen molar-refractivity contribution in [2.45, 2.75) is 45.1 Å². The summed E-state index contributed by atoms with van der Waals surface area (Å²) in [4.78, 5) is 14.4. The van der Waals surface area contributed by atoms with Gasteiger partial charge in [0.1, 0.15) is 5.82 Å². The van der Waals surface area contributed by atoms with E-state index in [9.17, 15) is 4.79 Å². The predicted octanol–water partition coefficient (Wildman–Crippen LogP) is 2.62. The Labute approximate surface area is 148 Å². The number of urea groups is 1. The number of hydrogen-bond acceptors (Lipinski definition) is 4. The first-order chi connectivity index (χ1) is 11.1. The van der Waals surface area contributed by atoms with Crippen LogP contribution in [0.2, 0.25) is 0 Å². The maximum Gasteiger partial charge on any atom is 0.322 e. The number of likely N-dealkylation sites (tertiary alicyclic amines) is 1.